The molecule has 22 heavy (non-hydrogen) atoms. The molecule has 1 fully saturated rings. The summed E-state index contributed by atoms with van der Waals surface area (Å²) in [6.07, 6.45) is 4.25. The van der Waals surface area contributed by atoms with Crippen molar-refractivity contribution in [1.29, 1.82) is 0 Å². The second kappa shape index (κ2) is 8.34. The van der Waals surface area contributed by atoms with Crippen LogP contribution >= 0.6 is 0 Å². The van der Waals surface area contributed by atoms with Gasteiger partial charge in [0.1, 0.15) is 0 Å². The second-order valence-electron chi connectivity index (χ2n) is 5.39. The van der Waals surface area contributed by atoms with Crippen LogP contribution in [0, 0.1) is 0 Å². The first-order valence-electron chi connectivity index (χ1n) is 7.58. The topological polar surface area (TPSA) is 60.9 Å². The van der Waals surface area contributed by atoms with E-state index in [1.165, 1.54) is 5.56 Å². The van der Waals surface area contributed by atoms with Gasteiger partial charge in [0, 0.05) is 39.1 Å². The zero-order valence-electron chi connectivity index (χ0n) is 12.6. The molecule has 2 rings (SSSR count). The number of carbonyl (C=O) groups excluding carboxylic acids is 1. The average molecular weight is 302 g/mol. The first-order chi connectivity index (χ1) is 10.6. The molecule has 0 atom stereocenters. The van der Waals surface area contributed by atoms with Gasteiger partial charge in [0.15, 0.2) is 0 Å². The number of piperazine rings is 1. The SMILES string of the molecule is O=C(O)CCC(=O)N1CCN(C/C=C/c2ccccc2)CC1. The third-order valence-corrected chi connectivity index (χ3v) is 3.75. The van der Waals surface area contributed by atoms with Crippen LogP contribution in [-0.4, -0.2) is 59.5 Å². The van der Waals surface area contributed by atoms with Gasteiger partial charge in [-0.2, -0.15) is 0 Å². The van der Waals surface area contributed by atoms with E-state index in [0.29, 0.717) is 13.1 Å². The fraction of sp³-hybridized carbons (Fsp3) is 0.412. The minimum atomic E-state index is -0.918. The summed E-state index contributed by atoms with van der Waals surface area (Å²) in [6.45, 7) is 3.89. The summed E-state index contributed by atoms with van der Waals surface area (Å²) in [6, 6.07) is 10.2. The molecule has 0 aliphatic carbocycles. The number of carboxylic acids is 1. The van der Waals surface area contributed by atoms with E-state index < -0.39 is 5.97 Å². The Labute approximate surface area is 130 Å². The molecular weight excluding hydrogens is 280 g/mol. The van der Waals surface area contributed by atoms with Crippen LogP contribution in [0.5, 0.6) is 0 Å². The largest absolute Gasteiger partial charge is 0.481 e. The molecule has 0 bridgehead atoms. The Kier molecular flexibility index (Phi) is 6.15. The van der Waals surface area contributed by atoms with Gasteiger partial charge in [-0.05, 0) is 5.56 Å². The van der Waals surface area contributed by atoms with Crippen molar-refractivity contribution < 1.29 is 14.7 Å². The molecular formula is C17H22N2O3. The molecule has 0 saturated carbocycles. The van der Waals surface area contributed by atoms with Crippen LogP contribution < -0.4 is 0 Å². The van der Waals surface area contributed by atoms with E-state index in [1.807, 2.05) is 18.2 Å². The number of amides is 1. The van der Waals surface area contributed by atoms with E-state index in [9.17, 15) is 9.59 Å². The average Bonchev–Trinajstić information content (AvgIpc) is 2.54. The summed E-state index contributed by atoms with van der Waals surface area (Å²) in [7, 11) is 0. The summed E-state index contributed by atoms with van der Waals surface area (Å²) < 4.78 is 0. The van der Waals surface area contributed by atoms with Gasteiger partial charge in [-0.15, -0.1) is 0 Å². The van der Waals surface area contributed by atoms with Gasteiger partial charge in [-0.1, -0.05) is 42.5 Å². The van der Waals surface area contributed by atoms with Crippen LogP contribution in [0.2, 0.25) is 0 Å². The summed E-state index contributed by atoms with van der Waals surface area (Å²) >= 11 is 0. The Balaban J connectivity index is 1.70. The smallest absolute Gasteiger partial charge is 0.303 e. The van der Waals surface area contributed by atoms with E-state index in [-0.39, 0.29) is 18.7 Å². The fourth-order valence-electron chi connectivity index (χ4n) is 2.45. The molecule has 1 aliphatic heterocycles. The monoisotopic (exact) mass is 302 g/mol. The highest BCUT2D eigenvalue weighted by Crippen LogP contribution is 2.06. The van der Waals surface area contributed by atoms with E-state index in [1.54, 1.807) is 4.90 Å². The lowest BCUT2D eigenvalue weighted by molar-refractivity contribution is -0.141. The predicted molar refractivity (Wildman–Crippen MR) is 85.4 cm³/mol. The van der Waals surface area contributed by atoms with Gasteiger partial charge in [0.2, 0.25) is 5.91 Å². The summed E-state index contributed by atoms with van der Waals surface area (Å²) in [5.41, 5.74) is 1.19. The number of carboxylic acid groups (broad SMARTS) is 1. The maximum Gasteiger partial charge on any atom is 0.303 e. The molecule has 0 aromatic heterocycles. The lowest BCUT2D eigenvalue weighted by atomic mass is 10.2. The van der Waals surface area contributed by atoms with Crippen molar-refractivity contribution >= 4 is 18.0 Å². The van der Waals surface area contributed by atoms with Crippen molar-refractivity contribution in [2.75, 3.05) is 32.7 Å². The number of hydrogen-bond acceptors (Lipinski definition) is 3. The standard InChI is InChI=1S/C17H22N2O3/c20-16(8-9-17(21)22)19-13-11-18(12-14-19)10-4-7-15-5-2-1-3-6-15/h1-7H,8-14H2,(H,21,22)/b7-4+. The molecule has 5 heteroatoms. The van der Waals surface area contributed by atoms with Gasteiger partial charge in [0.05, 0.1) is 6.42 Å². The highest BCUT2D eigenvalue weighted by atomic mass is 16.4. The van der Waals surface area contributed by atoms with E-state index >= 15 is 0 Å². The normalized spacial score (nSPS) is 16.1. The van der Waals surface area contributed by atoms with Gasteiger partial charge in [-0.3, -0.25) is 14.5 Å². The predicted octanol–water partition coefficient (Wildman–Crippen LogP) is 1.71. The molecule has 0 unspecified atom stereocenters. The van der Waals surface area contributed by atoms with Gasteiger partial charge in [-0.25, -0.2) is 0 Å². The zero-order chi connectivity index (χ0) is 15.8. The van der Waals surface area contributed by atoms with Crippen molar-refractivity contribution in [1.82, 2.24) is 9.80 Å². The molecule has 1 aromatic rings. The molecule has 1 amide bonds. The van der Waals surface area contributed by atoms with Crippen LogP contribution in [0.4, 0.5) is 0 Å². The first kappa shape index (κ1) is 16.2. The number of benzene rings is 1. The number of hydrogen-bond donors (Lipinski definition) is 1. The molecule has 1 aromatic carbocycles. The molecule has 0 radical (unpaired) electrons. The van der Waals surface area contributed by atoms with Crippen LogP contribution in [0.25, 0.3) is 6.08 Å². The van der Waals surface area contributed by atoms with Crippen molar-refractivity contribution in [3.05, 3.63) is 42.0 Å². The summed E-state index contributed by atoms with van der Waals surface area (Å²) in [5.74, 6) is -0.972. The maximum absolute atomic E-state index is 11.8. The Morgan fingerprint density at radius 1 is 1.05 bits per heavy atom. The number of aliphatic carboxylic acids is 1. The highest BCUT2D eigenvalue weighted by molar-refractivity contribution is 5.80. The fourth-order valence-corrected chi connectivity index (χ4v) is 2.45. The number of rotatable bonds is 6. The quantitative estimate of drug-likeness (QED) is 0.869. The van der Waals surface area contributed by atoms with Gasteiger partial charge < -0.3 is 10.0 Å². The summed E-state index contributed by atoms with van der Waals surface area (Å²) in [5, 5.41) is 8.61. The van der Waals surface area contributed by atoms with Crippen LogP contribution in [0.15, 0.2) is 36.4 Å². The van der Waals surface area contributed by atoms with E-state index in [4.69, 9.17) is 5.11 Å². The lowest BCUT2D eigenvalue weighted by Gasteiger charge is -2.34. The summed E-state index contributed by atoms with van der Waals surface area (Å²) in [4.78, 5) is 26.4. The number of nitrogens with zero attached hydrogens (tertiary/aromatic N) is 2. The van der Waals surface area contributed by atoms with Crippen molar-refractivity contribution in [3.8, 4) is 0 Å². The minimum Gasteiger partial charge on any atom is -0.481 e. The highest BCUT2D eigenvalue weighted by Gasteiger charge is 2.20. The Morgan fingerprint density at radius 2 is 1.73 bits per heavy atom. The third kappa shape index (κ3) is 5.33. The van der Waals surface area contributed by atoms with Crippen molar-refractivity contribution in [2.45, 2.75) is 12.8 Å². The molecule has 1 aliphatic rings. The Hall–Kier alpha value is -2.14. The molecule has 1 saturated heterocycles. The molecule has 1 N–H and O–H groups in total. The first-order valence-corrected chi connectivity index (χ1v) is 7.58. The van der Waals surface area contributed by atoms with Crippen LogP contribution in [0.1, 0.15) is 18.4 Å². The van der Waals surface area contributed by atoms with Crippen molar-refractivity contribution in [2.24, 2.45) is 0 Å². The Morgan fingerprint density at radius 3 is 2.36 bits per heavy atom. The number of carbonyl (C=O) groups is 2. The van der Waals surface area contributed by atoms with Crippen molar-refractivity contribution in [3.63, 3.8) is 0 Å². The Bertz CT molecular complexity index is 520. The van der Waals surface area contributed by atoms with Gasteiger partial charge in [0.25, 0.3) is 0 Å². The van der Waals surface area contributed by atoms with Gasteiger partial charge >= 0.3 is 5.97 Å². The molecule has 1 heterocycles. The van der Waals surface area contributed by atoms with E-state index in [2.05, 4.69) is 29.2 Å². The van der Waals surface area contributed by atoms with E-state index in [0.717, 1.165) is 19.6 Å². The minimum absolute atomic E-state index is 0.0538. The molecule has 118 valence electrons. The molecule has 0 spiro atoms. The second-order valence-corrected chi connectivity index (χ2v) is 5.39. The lowest BCUT2D eigenvalue weighted by Crippen LogP contribution is -2.48. The van der Waals surface area contributed by atoms with Crippen LogP contribution in [-0.2, 0) is 9.59 Å². The van der Waals surface area contributed by atoms with Crippen LogP contribution in [0.3, 0.4) is 0 Å². The third-order valence-electron chi connectivity index (χ3n) is 3.75. The zero-order valence-corrected chi connectivity index (χ0v) is 12.6. The maximum atomic E-state index is 11.8. The molecule has 5 nitrogen and oxygen atoms in total.